The lowest BCUT2D eigenvalue weighted by Crippen LogP contribution is -2.11. The molecule has 0 aliphatic rings. The van der Waals surface area contributed by atoms with Gasteiger partial charge in [-0.05, 0) is 35.7 Å². The third-order valence-corrected chi connectivity index (χ3v) is 3.86. The minimum Gasteiger partial charge on any atom is -0.322 e. The molecular weight excluding hydrogens is 292 g/mol. The Kier molecular flexibility index (Phi) is 4.41. The Morgan fingerprint density at radius 1 is 0.955 bits per heavy atom. The first-order valence-corrected chi connectivity index (χ1v) is 7.74. The third kappa shape index (κ3) is 3.48. The molecule has 0 unspecified atom stereocenters. The number of amides is 1. The SMILES string of the molecule is O=C(Nc1ccccc1)c1ccccc1N=Cc1cccs1. The number of aliphatic imine (C=N–C) groups is 1. The summed E-state index contributed by atoms with van der Waals surface area (Å²) in [6.45, 7) is 0. The van der Waals surface area contributed by atoms with Crippen molar-refractivity contribution in [3.8, 4) is 0 Å². The van der Waals surface area contributed by atoms with Crippen LogP contribution < -0.4 is 5.32 Å². The van der Waals surface area contributed by atoms with E-state index in [1.54, 1.807) is 23.6 Å². The quantitative estimate of drug-likeness (QED) is 0.694. The zero-order chi connectivity index (χ0) is 15.2. The van der Waals surface area contributed by atoms with Gasteiger partial charge in [0.05, 0.1) is 11.3 Å². The van der Waals surface area contributed by atoms with Crippen LogP contribution in [0.25, 0.3) is 0 Å². The molecule has 0 saturated carbocycles. The van der Waals surface area contributed by atoms with E-state index in [2.05, 4.69) is 10.3 Å². The van der Waals surface area contributed by atoms with E-state index in [9.17, 15) is 4.79 Å². The van der Waals surface area contributed by atoms with Crippen LogP contribution in [-0.4, -0.2) is 12.1 Å². The largest absolute Gasteiger partial charge is 0.322 e. The van der Waals surface area contributed by atoms with Crippen molar-refractivity contribution in [3.05, 3.63) is 82.6 Å². The molecule has 1 N–H and O–H groups in total. The fourth-order valence-electron chi connectivity index (χ4n) is 2.00. The van der Waals surface area contributed by atoms with Crippen LogP contribution in [0.2, 0.25) is 0 Å². The van der Waals surface area contributed by atoms with E-state index in [1.165, 1.54) is 0 Å². The first kappa shape index (κ1) is 14.2. The summed E-state index contributed by atoms with van der Waals surface area (Å²) < 4.78 is 0. The highest BCUT2D eigenvalue weighted by atomic mass is 32.1. The van der Waals surface area contributed by atoms with Crippen LogP contribution >= 0.6 is 11.3 Å². The molecule has 3 rings (SSSR count). The number of nitrogens with one attached hydrogen (secondary N) is 1. The highest BCUT2D eigenvalue weighted by Gasteiger charge is 2.10. The van der Waals surface area contributed by atoms with Crippen molar-refractivity contribution in [2.24, 2.45) is 4.99 Å². The van der Waals surface area contributed by atoms with Crippen molar-refractivity contribution in [1.82, 2.24) is 0 Å². The summed E-state index contributed by atoms with van der Waals surface area (Å²) in [6.07, 6.45) is 1.78. The van der Waals surface area contributed by atoms with E-state index in [1.807, 2.05) is 66.0 Å². The molecule has 22 heavy (non-hydrogen) atoms. The Morgan fingerprint density at radius 2 is 1.73 bits per heavy atom. The van der Waals surface area contributed by atoms with Crippen molar-refractivity contribution < 1.29 is 4.79 Å². The topological polar surface area (TPSA) is 41.5 Å². The summed E-state index contributed by atoms with van der Waals surface area (Å²) >= 11 is 1.61. The number of nitrogens with zero attached hydrogens (tertiary/aromatic N) is 1. The van der Waals surface area contributed by atoms with Gasteiger partial charge < -0.3 is 5.32 Å². The molecule has 3 aromatic rings. The second kappa shape index (κ2) is 6.83. The smallest absolute Gasteiger partial charge is 0.257 e. The van der Waals surface area contributed by atoms with Crippen LogP contribution in [0.5, 0.6) is 0 Å². The summed E-state index contributed by atoms with van der Waals surface area (Å²) in [5.41, 5.74) is 1.98. The molecular formula is C18H14N2OS. The van der Waals surface area contributed by atoms with Crippen LogP contribution in [0.15, 0.2) is 77.1 Å². The fourth-order valence-corrected chi connectivity index (χ4v) is 2.58. The maximum absolute atomic E-state index is 12.4. The number of anilines is 1. The Hall–Kier alpha value is -2.72. The van der Waals surface area contributed by atoms with E-state index in [-0.39, 0.29) is 5.91 Å². The predicted molar refractivity (Wildman–Crippen MR) is 92.4 cm³/mol. The molecule has 1 heterocycles. The van der Waals surface area contributed by atoms with E-state index in [4.69, 9.17) is 0 Å². The Balaban J connectivity index is 1.83. The molecule has 0 aliphatic heterocycles. The molecule has 2 aromatic carbocycles. The maximum Gasteiger partial charge on any atom is 0.257 e. The molecule has 0 atom stereocenters. The normalized spacial score (nSPS) is 10.7. The van der Waals surface area contributed by atoms with Crippen molar-refractivity contribution in [2.45, 2.75) is 0 Å². The van der Waals surface area contributed by atoms with Gasteiger partial charge in [0.25, 0.3) is 5.91 Å². The Morgan fingerprint density at radius 3 is 2.50 bits per heavy atom. The molecule has 0 fully saturated rings. The predicted octanol–water partition coefficient (Wildman–Crippen LogP) is 4.75. The van der Waals surface area contributed by atoms with Crippen LogP contribution in [0.4, 0.5) is 11.4 Å². The van der Waals surface area contributed by atoms with Gasteiger partial charge >= 0.3 is 0 Å². The van der Waals surface area contributed by atoms with Crippen molar-refractivity contribution in [1.29, 1.82) is 0 Å². The molecule has 0 bridgehead atoms. The molecule has 4 heteroatoms. The number of thiophene rings is 1. The van der Waals surface area contributed by atoms with Crippen molar-refractivity contribution in [2.75, 3.05) is 5.32 Å². The van der Waals surface area contributed by atoms with Gasteiger partial charge in [0.1, 0.15) is 0 Å². The average Bonchev–Trinajstić information content (AvgIpc) is 3.07. The second-order valence-corrected chi connectivity index (χ2v) is 5.59. The summed E-state index contributed by atoms with van der Waals surface area (Å²) in [6, 6.07) is 20.7. The number of para-hydroxylation sites is 2. The minimum atomic E-state index is -0.162. The van der Waals surface area contributed by atoms with Crippen molar-refractivity contribution in [3.63, 3.8) is 0 Å². The molecule has 0 saturated heterocycles. The van der Waals surface area contributed by atoms with Crippen LogP contribution in [0.3, 0.4) is 0 Å². The third-order valence-electron chi connectivity index (χ3n) is 3.05. The van der Waals surface area contributed by atoms with E-state index >= 15 is 0 Å². The monoisotopic (exact) mass is 306 g/mol. The lowest BCUT2D eigenvalue weighted by molar-refractivity contribution is 0.102. The molecule has 3 nitrogen and oxygen atoms in total. The van der Waals surface area contributed by atoms with Gasteiger partial charge in [-0.25, -0.2) is 0 Å². The summed E-state index contributed by atoms with van der Waals surface area (Å²) in [5, 5.41) is 4.88. The number of carbonyl (C=O) groups excluding carboxylic acids is 1. The average molecular weight is 306 g/mol. The van der Waals surface area contributed by atoms with Gasteiger partial charge in [-0.15, -0.1) is 11.3 Å². The van der Waals surface area contributed by atoms with E-state index in [0.29, 0.717) is 11.3 Å². The fraction of sp³-hybridized carbons (Fsp3) is 0. The Labute approximate surface area is 133 Å². The van der Waals surface area contributed by atoms with Gasteiger partial charge in [0.15, 0.2) is 0 Å². The zero-order valence-electron chi connectivity index (χ0n) is 11.8. The van der Waals surface area contributed by atoms with Crippen LogP contribution in [-0.2, 0) is 0 Å². The minimum absolute atomic E-state index is 0.162. The molecule has 0 spiro atoms. The van der Waals surface area contributed by atoms with E-state index < -0.39 is 0 Å². The van der Waals surface area contributed by atoms with Gasteiger partial charge in [-0.2, -0.15) is 0 Å². The first-order valence-electron chi connectivity index (χ1n) is 6.86. The standard InChI is InChI=1S/C18H14N2OS/c21-18(20-14-7-2-1-3-8-14)16-10-4-5-11-17(16)19-13-15-9-6-12-22-15/h1-13H,(H,20,21). The van der Waals surface area contributed by atoms with Crippen molar-refractivity contribution >= 4 is 34.8 Å². The molecule has 0 radical (unpaired) electrons. The number of hydrogen-bond donors (Lipinski definition) is 1. The van der Waals surface area contributed by atoms with Crippen LogP contribution in [0, 0.1) is 0 Å². The molecule has 108 valence electrons. The summed E-state index contributed by atoms with van der Waals surface area (Å²) in [7, 11) is 0. The molecule has 1 aromatic heterocycles. The molecule has 0 aliphatic carbocycles. The highest BCUT2D eigenvalue weighted by Crippen LogP contribution is 2.20. The van der Waals surface area contributed by atoms with Crippen LogP contribution in [0.1, 0.15) is 15.2 Å². The number of carbonyl (C=O) groups is 1. The lowest BCUT2D eigenvalue weighted by atomic mass is 10.1. The second-order valence-electron chi connectivity index (χ2n) is 4.61. The Bertz CT molecular complexity index is 780. The zero-order valence-corrected chi connectivity index (χ0v) is 12.6. The van der Waals surface area contributed by atoms with Gasteiger partial charge in [0.2, 0.25) is 0 Å². The highest BCUT2D eigenvalue weighted by molar-refractivity contribution is 7.11. The first-order chi connectivity index (χ1) is 10.8. The number of rotatable bonds is 4. The maximum atomic E-state index is 12.4. The number of benzene rings is 2. The van der Waals surface area contributed by atoms with Gasteiger partial charge in [-0.1, -0.05) is 36.4 Å². The van der Waals surface area contributed by atoms with Gasteiger partial charge in [0, 0.05) is 16.8 Å². The summed E-state index contributed by atoms with van der Waals surface area (Å²) in [4.78, 5) is 17.9. The van der Waals surface area contributed by atoms with E-state index in [0.717, 1.165) is 10.6 Å². The summed E-state index contributed by atoms with van der Waals surface area (Å²) in [5.74, 6) is -0.162. The lowest BCUT2D eigenvalue weighted by Gasteiger charge is -2.07. The van der Waals surface area contributed by atoms with Gasteiger partial charge in [-0.3, -0.25) is 9.79 Å². The number of hydrogen-bond acceptors (Lipinski definition) is 3. The molecule has 1 amide bonds.